The van der Waals surface area contributed by atoms with Crippen molar-refractivity contribution in [3.05, 3.63) is 16.6 Å². The number of H-pyrrole nitrogens is 1. The van der Waals surface area contributed by atoms with Crippen LogP contribution in [0.25, 0.3) is 0 Å². The third kappa shape index (κ3) is 1.80. The van der Waals surface area contributed by atoms with Gasteiger partial charge >= 0.3 is 0 Å². The summed E-state index contributed by atoms with van der Waals surface area (Å²) in [4.78, 5) is 6.87. The number of aliphatic hydroxyl groups is 1. The van der Waals surface area contributed by atoms with Crippen LogP contribution in [0.4, 0.5) is 0 Å². The van der Waals surface area contributed by atoms with Crippen LogP contribution in [0.3, 0.4) is 0 Å². The molecule has 1 aromatic rings. The molecule has 0 amide bonds. The molecule has 0 atom stereocenters. The van der Waals surface area contributed by atoms with E-state index in [1.165, 1.54) is 0 Å². The minimum atomic E-state index is 0.139. The molecule has 0 spiro atoms. The van der Waals surface area contributed by atoms with Gasteiger partial charge in [-0.2, -0.15) is 0 Å². The first-order valence-corrected chi connectivity index (χ1v) is 3.42. The van der Waals surface area contributed by atoms with Gasteiger partial charge in [-0.25, -0.2) is 4.98 Å². The first kappa shape index (κ1) is 6.77. The Labute approximate surface area is 61.3 Å². The molecule has 0 saturated carbocycles. The van der Waals surface area contributed by atoms with E-state index < -0.39 is 0 Å². The second kappa shape index (κ2) is 2.98. The molecule has 0 bridgehead atoms. The van der Waals surface area contributed by atoms with Gasteiger partial charge in [0.15, 0.2) is 0 Å². The maximum absolute atomic E-state index is 8.45. The highest BCUT2D eigenvalue weighted by atomic mass is 79.9. The molecule has 9 heavy (non-hydrogen) atoms. The predicted molar refractivity (Wildman–Crippen MR) is 37.1 cm³/mol. The van der Waals surface area contributed by atoms with Gasteiger partial charge in [-0.05, 0) is 15.9 Å². The smallest absolute Gasteiger partial charge is 0.109 e. The molecule has 1 heterocycles. The molecule has 0 fully saturated rings. The molecule has 4 heteroatoms. The number of aromatic nitrogens is 2. The van der Waals surface area contributed by atoms with Gasteiger partial charge in [0.2, 0.25) is 0 Å². The van der Waals surface area contributed by atoms with Crippen LogP contribution < -0.4 is 0 Å². The van der Waals surface area contributed by atoms with Crippen molar-refractivity contribution in [2.24, 2.45) is 0 Å². The fourth-order valence-electron chi connectivity index (χ4n) is 0.570. The van der Waals surface area contributed by atoms with Crippen LogP contribution in [0.15, 0.2) is 10.8 Å². The van der Waals surface area contributed by atoms with Crippen molar-refractivity contribution < 1.29 is 5.11 Å². The van der Waals surface area contributed by atoms with Gasteiger partial charge in [-0.1, -0.05) is 0 Å². The lowest BCUT2D eigenvalue weighted by atomic mass is 10.4. The van der Waals surface area contributed by atoms with E-state index >= 15 is 0 Å². The van der Waals surface area contributed by atoms with Crippen LogP contribution in [-0.2, 0) is 6.42 Å². The minimum absolute atomic E-state index is 0.139. The summed E-state index contributed by atoms with van der Waals surface area (Å²) in [5.41, 5.74) is 0. The first-order chi connectivity index (χ1) is 4.33. The first-order valence-electron chi connectivity index (χ1n) is 2.63. The van der Waals surface area contributed by atoms with E-state index in [9.17, 15) is 0 Å². The lowest BCUT2D eigenvalue weighted by molar-refractivity contribution is 0.297. The van der Waals surface area contributed by atoms with Crippen LogP contribution in [0.1, 0.15) is 5.82 Å². The molecule has 0 unspecified atom stereocenters. The zero-order valence-corrected chi connectivity index (χ0v) is 6.35. The molecular formula is C5H7BrN2O. The van der Waals surface area contributed by atoms with Gasteiger partial charge in [-0.15, -0.1) is 0 Å². The quantitative estimate of drug-likeness (QED) is 0.722. The van der Waals surface area contributed by atoms with Crippen LogP contribution in [0.5, 0.6) is 0 Å². The van der Waals surface area contributed by atoms with E-state index in [1.807, 2.05) is 0 Å². The standard InChI is InChI=1S/C5H7BrN2O/c6-4-3-7-5(8-4)1-2-9/h3,9H,1-2H2,(H,7,8). The van der Waals surface area contributed by atoms with Crippen molar-refractivity contribution in [1.29, 1.82) is 0 Å². The molecule has 2 N–H and O–H groups in total. The van der Waals surface area contributed by atoms with Crippen LogP contribution in [0.2, 0.25) is 0 Å². The molecule has 0 aromatic carbocycles. The van der Waals surface area contributed by atoms with Gasteiger partial charge < -0.3 is 10.1 Å². The summed E-state index contributed by atoms with van der Waals surface area (Å²) in [6.07, 6.45) is 2.26. The number of hydrogen-bond acceptors (Lipinski definition) is 2. The predicted octanol–water partition coefficient (Wildman–Crippen LogP) is 0.707. The molecular weight excluding hydrogens is 184 g/mol. The number of aromatic amines is 1. The molecule has 50 valence electrons. The highest BCUT2D eigenvalue weighted by Crippen LogP contribution is 2.04. The van der Waals surface area contributed by atoms with E-state index in [-0.39, 0.29) is 6.61 Å². The summed E-state index contributed by atoms with van der Waals surface area (Å²) in [7, 11) is 0. The molecule has 0 aliphatic rings. The topological polar surface area (TPSA) is 48.9 Å². The van der Waals surface area contributed by atoms with Gasteiger partial charge in [0.05, 0.1) is 12.8 Å². The number of nitrogens with zero attached hydrogens (tertiary/aromatic N) is 1. The lowest BCUT2D eigenvalue weighted by Gasteiger charge is -1.86. The average Bonchev–Trinajstić information content (AvgIpc) is 2.17. The largest absolute Gasteiger partial charge is 0.396 e. The summed E-state index contributed by atoms with van der Waals surface area (Å²) in [6, 6.07) is 0. The van der Waals surface area contributed by atoms with Crippen molar-refractivity contribution >= 4 is 15.9 Å². The maximum atomic E-state index is 8.45. The van der Waals surface area contributed by atoms with Gasteiger partial charge in [-0.3, -0.25) is 0 Å². The van der Waals surface area contributed by atoms with Crippen LogP contribution in [-0.4, -0.2) is 21.7 Å². The zero-order chi connectivity index (χ0) is 6.69. The van der Waals surface area contributed by atoms with E-state index in [1.54, 1.807) is 6.20 Å². The summed E-state index contributed by atoms with van der Waals surface area (Å²) in [5, 5.41) is 8.45. The highest BCUT2D eigenvalue weighted by molar-refractivity contribution is 9.10. The fourth-order valence-corrected chi connectivity index (χ4v) is 0.901. The number of halogens is 1. The van der Waals surface area contributed by atoms with Crippen molar-refractivity contribution in [3.63, 3.8) is 0 Å². The normalized spacial score (nSPS) is 10.0. The fraction of sp³-hybridized carbons (Fsp3) is 0.400. The van der Waals surface area contributed by atoms with E-state index in [2.05, 4.69) is 25.9 Å². The van der Waals surface area contributed by atoms with Gasteiger partial charge in [0.25, 0.3) is 0 Å². The molecule has 3 nitrogen and oxygen atoms in total. The van der Waals surface area contributed by atoms with E-state index in [4.69, 9.17) is 5.11 Å². The number of hydrogen-bond donors (Lipinski definition) is 2. The Morgan fingerprint density at radius 3 is 3.00 bits per heavy atom. The Kier molecular flexibility index (Phi) is 2.24. The van der Waals surface area contributed by atoms with E-state index in [0.717, 1.165) is 10.4 Å². The Hall–Kier alpha value is -0.350. The Morgan fingerprint density at radius 2 is 2.56 bits per heavy atom. The summed E-state index contributed by atoms with van der Waals surface area (Å²) in [5.74, 6) is 0.810. The Bertz CT molecular complexity index is 187. The number of rotatable bonds is 2. The van der Waals surface area contributed by atoms with Crippen molar-refractivity contribution in [2.45, 2.75) is 6.42 Å². The summed E-state index contributed by atoms with van der Waals surface area (Å²) < 4.78 is 0.853. The number of aliphatic hydroxyl groups excluding tert-OH is 1. The van der Waals surface area contributed by atoms with Gasteiger partial charge in [0, 0.05) is 6.42 Å². The van der Waals surface area contributed by atoms with E-state index in [0.29, 0.717) is 6.42 Å². The zero-order valence-electron chi connectivity index (χ0n) is 4.76. The van der Waals surface area contributed by atoms with Crippen molar-refractivity contribution in [3.8, 4) is 0 Å². The summed E-state index contributed by atoms with van der Waals surface area (Å²) in [6.45, 7) is 0.139. The molecule has 0 aliphatic heterocycles. The maximum Gasteiger partial charge on any atom is 0.109 e. The Morgan fingerprint density at radius 1 is 1.78 bits per heavy atom. The third-order valence-electron chi connectivity index (χ3n) is 0.946. The van der Waals surface area contributed by atoms with Crippen LogP contribution >= 0.6 is 15.9 Å². The van der Waals surface area contributed by atoms with Crippen LogP contribution in [0, 0.1) is 0 Å². The monoisotopic (exact) mass is 190 g/mol. The van der Waals surface area contributed by atoms with Crippen molar-refractivity contribution in [2.75, 3.05) is 6.61 Å². The summed E-state index contributed by atoms with van der Waals surface area (Å²) >= 11 is 3.20. The number of imidazole rings is 1. The minimum Gasteiger partial charge on any atom is -0.396 e. The molecule has 1 aromatic heterocycles. The third-order valence-corrected chi connectivity index (χ3v) is 1.35. The average molecular weight is 191 g/mol. The highest BCUT2D eigenvalue weighted by Gasteiger charge is 1.94. The SMILES string of the molecule is OCCc1ncc(Br)[nH]1. The second-order valence-corrected chi connectivity index (χ2v) is 2.51. The second-order valence-electron chi connectivity index (χ2n) is 1.65. The molecule has 0 saturated heterocycles. The molecule has 0 aliphatic carbocycles. The lowest BCUT2D eigenvalue weighted by Crippen LogP contribution is -1.91. The van der Waals surface area contributed by atoms with Crippen molar-refractivity contribution in [1.82, 2.24) is 9.97 Å². The molecule has 0 radical (unpaired) electrons. The molecule has 1 rings (SSSR count). The number of nitrogens with one attached hydrogen (secondary N) is 1. The Balaban J connectivity index is 2.61. The van der Waals surface area contributed by atoms with Gasteiger partial charge in [0.1, 0.15) is 10.4 Å².